The number of rotatable bonds is 17. The number of benzene rings is 2. The summed E-state index contributed by atoms with van der Waals surface area (Å²) >= 11 is 0. The highest BCUT2D eigenvalue weighted by Gasteiger charge is 2.60. The topological polar surface area (TPSA) is 155 Å². The van der Waals surface area contributed by atoms with Crippen molar-refractivity contribution in [1.82, 2.24) is 28.8 Å². The van der Waals surface area contributed by atoms with E-state index in [2.05, 4.69) is 22.2 Å². The van der Waals surface area contributed by atoms with Crippen molar-refractivity contribution in [1.29, 1.82) is 0 Å². The van der Waals surface area contributed by atoms with E-state index in [1.165, 1.54) is 19.0 Å². The summed E-state index contributed by atoms with van der Waals surface area (Å²) in [6, 6.07) is 7.12. The molecular formula is C37H47F4N7O6S. The zero-order valence-corrected chi connectivity index (χ0v) is 32.0. The molecule has 300 valence electrons. The van der Waals surface area contributed by atoms with Crippen LogP contribution < -0.4 is 20.1 Å². The molecule has 5 rings (SSSR count). The first-order chi connectivity index (χ1) is 25.9. The predicted molar refractivity (Wildman–Crippen MR) is 197 cm³/mol. The van der Waals surface area contributed by atoms with E-state index in [9.17, 15) is 40.4 Å². The maximum atomic E-state index is 14.6. The number of para-hydroxylation sites is 2. The van der Waals surface area contributed by atoms with Gasteiger partial charge < -0.3 is 20.3 Å². The molecule has 13 nitrogen and oxygen atoms in total. The van der Waals surface area contributed by atoms with Crippen molar-refractivity contribution >= 4 is 44.7 Å². The van der Waals surface area contributed by atoms with E-state index < -0.39 is 75.1 Å². The molecular weight excluding hydrogens is 747 g/mol. The number of allylic oxidation sites excluding steroid dienone is 1. The second-order valence-electron chi connectivity index (χ2n) is 14.2. The van der Waals surface area contributed by atoms with Gasteiger partial charge in [-0.25, -0.2) is 9.11 Å². The van der Waals surface area contributed by atoms with Gasteiger partial charge in [0.15, 0.2) is 0 Å². The first-order valence-electron chi connectivity index (χ1n) is 18.1. The number of aryl methyl sites for hydroxylation is 1. The number of carbonyl (C=O) groups excluding carboxylic acids is 3. The third-order valence-electron chi connectivity index (χ3n) is 10.1. The quantitative estimate of drug-likeness (QED) is 0.0981. The minimum absolute atomic E-state index is 0.0587. The summed E-state index contributed by atoms with van der Waals surface area (Å²) in [5.41, 5.74) is -1.63. The molecule has 1 aliphatic heterocycles. The molecule has 2 aromatic carbocycles. The van der Waals surface area contributed by atoms with Gasteiger partial charge in [0.1, 0.15) is 29.5 Å². The first kappa shape index (κ1) is 41.5. The third-order valence-corrected chi connectivity index (χ3v) is 11.5. The maximum absolute atomic E-state index is 14.6. The fourth-order valence-electron chi connectivity index (χ4n) is 6.86. The minimum atomic E-state index is -4.85. The predicted octanol–water partition coefficient (Wildman–Crippen LogP) is 5.00. The van der Waals surface area contributed by atoms with Crippen LogP contribution in [0.15, 0.2) is 55.1 Å². The molecule has 1 saturated heterocycles. The summed E-state index contributed by atoms with van der Waals surface area (Å²) in [6.07, 6.45) is -1.12. The van der Waals surface area contributed by atoms with Gasteiger partial charge in [-0.1, -0.05) is 38.0 Å². The van der Waals surface area contributed by atoms with Gasteiger partial charge in [0.25, 0.3) is 11.9 Å². The van der Waals surface area contributed by atoms with Gasteiger partial charge in [-0.15, -0.1) is 6.58 Å². The second-order valence-corrected chi connectivity index (χ2v) is 16.1. The Labute approximate surface area is 317 Å². The van der Waals surface area contributed by atoms with E-state index in [1.54, 1.807) is 13.0 Å². The van der Waals surface area contributed by atoms with E-state index in [0.29, 0.717) is 37.4 Å². The molecule has 3 amide bonds. The third kappa shape index (κ3) is 9.40. The lowest BCUT2D eigenvalue weighted by atomic mass is 10.0. The molecule has 3 N–H and O–H groups in total. The van der Waals surface area contributed by atoms with E-state index in [-0.39, 0.29) is 37.5 Å². The number of hydrogen-bond donors (Lipinski definition) is 3. The Bertz CT molecular complexity index is 2020. The molecule has 0 unspecified atom stereocenters. The molecule has 2 aliphatic rings. The summed E-state index contributed by atoms with van der Waals surface area (Å²) in [7, 11) is -1.72. The van der Waals surface area contributed by atoms with E-state index in [4.69, 9.17) is 4.74 Å². The number of imidazole rings is 1. The van der Waals surface area contributed by atoms with Crippen LogP contribution in [0, 0.1) is 11.7 Å². The largest absolute Gasteiger partial charge is 0.459 e. The van der Waals surface area contributed by atoms with Crippen LogP contribution in [0.1, 0.15) is 64.4 Å². The number of aromatic nitrogens is 2. The van der Waals surface area contributed by atoms with Gasteiger partial charge >= 0.3 is 16.4 Å². The van der Waals surface area contributed by atoms with E-state index >= 15 is 0 Å². The lowest BCUT2D eigenvalue weighted by Crippen LogP contribution is -2.58. The molecule has 5 atom stereocenters. The number of nitrogens with one attached hydrogen (secondary N) is 3. The second kappa shape index (κ2) is 16.6. The number of unbranched alkanes of at least 4 members (excludes halogenated alkanes) is 3. The van der Waals surface area contributed by atoms with Crippen LogP contribution in [-0.4, -0.2) is 89.3 Å². The zero-order chi connectivity index (χ0) is 40.3. The SMILES string of the molecule is C=CCCCCC[C@H](Nc1cc(F)cc(C(F)(F)F)c1)C(=O)N1C[C@H](Oc2nc3ccccc3n2CC)C[C@H]1C(=O)N[C@]1(C(=O)NS(=O)(=O)N(C)C)C[C@H]1C. The standard InChI is InChI=1S/C37H47F4N7O6S/c1-6-8-9-10-11-15-29(42-26-18-24(37(39,40)41)17-25(38)19-26)33(50)48-22-27(54-35-43-28-14-12-13-16-30(28)47(35)7-2)20-31(48)32(49)44-36(21-23(36)3)34(51)45-55(52,53)46(4)5/h6,12-14,16-19,23,27,29,31,42H,1,7-11,15,20-22H2,2-5H3,(H,44,49)(H,45,51)/t23-,27-,29+,31+,36-/m1/s1. The molecule has 1 aromatic heterocycles. The normalized spacial score (nSPS) is 21.7. The molecule has 2 fully saturated rings. The van der Waals surface area contributed by atoms with Gasteiger partial charge in [0.05, 0.1) is 23.1 Å². The maximum Gasteiger partial charge on any atom is 0.416 e. The van der Waals surface area contributed by atoms with Crippen LogP contribution in [0.3, 0.4) is 0 Å². The monoisotopic (exact) mass is 793 g/mol. The number of hydrogen-bond acceptors (Lipinski definition) is 8. The molecule has 0 bridgehead atoms. The van der Waals surface area contributed by atoms with Crippen LogP contribution in [-0.2, 0) is 37.3 Å². The van der Waals surface area contributed by atoms with Gasteiger partial charge in [-0.2, -0.15) is 30.9 Å². The van der Waals surface area contributed by atoms with Crippen LogP contribution in [0.5, 0.6) is 6.01 Å². The lowest BCUT2D eigenvalue weighted by molar-refractivity contribution is -0.140. The molecule has 2 heterocycles. The number of fused-ring (bicyclic) bond motifs is 1. The van der Waals surface area contributed by atoms with Crippen molar-refractivity contribution in [3.8, 4) is 6.01 Å². The number of likely N-dealkylation sites (tertiary alicyclic amines) is 1. The summed E-state index contributed by atoms with van der Waals surface area (Å²) in [5, 5.41) is 5.52. The summed E-state index contributed by atoms with van der Waals surface area (Å²) in [6.45, 7) is 7.63. The number of ether oxygens (including phenoxy) is 1. The van der Waals surface area contributed by atoms with Crippen LogP contribution in [0.2, 0.25) is 0 Å². The van der Waals surface area contributed by atoms with Gasteiger partial charge in [0.2, 0.25) is 11.8 Å². The van der Waals surface area contributed by atoms with Gasteiger partial charge in [-0.05, 0) is 68.9 Å². The number of anilines is 1. The van der Waals surface area contributed by atoms with Crippen molar-refractivity contribution in [3.05, 3.63) is 66.5 Å². The number of alkyl halides is 3. The average molecular weight is 794 g/mol. The highest BCUT2D eigenvalue weighted by Crippen LogP contribution is 2.44. The van der Waals surface area contributed by atoms with Crippen LogP contribution in [0.4, 0.5) is 23.2 Å². The molecule has 55 heavy (non-hydrogen) atoms. The van der Waals surface area contributed by atoms with Gasteiger partial charge in [-0.3, -0.25) is 19.0 Å². The highest BCUT2D eigenvalue weighted by atomic mass is 32.2. The Kier molecular flexibility index (Phi) is 12.5. The molecule has 3 aromatic rings. The Morgan fingerprint density at radius 2 is 1.85 bits per heavy atom. The smallest absolute Gasteiger partial charge is 0.416 e. The Balaban J connectivity index is 1.47. The molecule has 18 heteroatoms. The Morgan fingerprint density at radius 1 is 1.15 bits per heavy atom. The average Bonchev–Trinajstić information content (AvgIpc) is 3.41. The summed E-state index contributed by atoms with van der Waals surface area (Å²) < 4.78 is 91.4. The summed E-state index contributed by atoms with van der Waals surface area (Å²) in [5.74, 6) is -3.95. The number of nitrogens with zero attached hydrogens (tertiary/aromatic N) is 4. The minimum Gasteiger partial charge on any atom is -0.459 e. The first-order valence-corrected chi connectivity index (χ1v) is 19.6. The van der Waals surface area contributed by atoms with Crippen LogP contribution in [0.25, 0.3) is 11.0 Å². The number of carbonyl (C=O) groups is 3. The fraction of sp³-hybridized carbons (Fsp3) is 0.514. The highest BCUT2D eigenvalue weighted by molar-refractivity contribution is 7.87. The van der Waals surface area contributed by atoms with Crippen molar-refractivity contribution in [2.45, 2.75) is 95.2 Å². The lowest BCUT2D eigenvalue weighted by Gasteiger charge is -2.30. The van der Waals surface area contributed by atoms with E-state index in [0.717, 1.165) is 28.4 Å². The van der Waals surface area contributed by atoms with Crippen molar-refractivity contribution in [2.24, 2.45) is 5.92 Å². The fourth-order valence-corrected chi connectivity index (χ4v) is 7.46. The number of amides is 3. The number of halogens is 4. The van der Waals surface area contributed by atoms with Crippen molar-refractivity contribution in [3.63, 3.8) is 0 Å². The molecule has 1 saturated carbocycles. The molecule has 0 spiro atoms. The zero-order valence-electron chi connectivity index (χ0n) is 31.2. The molecule has 1 aliphatic carbocycles. The Morgan fingerprint density at radius 3 is 2.49 bits per heavy atom. The van der Waals surface area contributed by atoms with E-state index in [1.807, 2.05) is 40.5 Å². The van der Waals surface area contributed by atoms with Crippen molar-refractivity contribution in [2.75, 3.05) is 26.0 Å². The van der Waals surface area contributed by atoms with Crippen LogP contribution >= 0.6 is 0 Å². The Hall–Kier alpha value is -4.71. The van der Waals surface area contributed by atoms with Gasteiger partial charge in [0, 0.05) is 32.7 Å². The summed E-state index contributed by atoms with van der Waals surface area (Å²) in [4.78, 5) is 48.0. The molecule has 0 radical (unpaired) electrons. The van der Waals surface area contributed by atoms with Crippen molar-refractivity contribution < 1.29 is 45.1 Å².